The first-order valence-electron chi connectivity index (χ1n) is 8.41. The second-order valence-electron chi connectivity index (χ2n) is 6.04. The Labute approximate surface area is 159 Å². The van der Waals surface area contributed by atoms with E-state index in [-0.39, 0.29) is 11.6 Å². The van der Waals surface area contributed by atoms with E-state index in [1.165, 1.54) is 11.0 Å². The van der Waals surface area contributed by atoms with Gasteiger partial charge in [-0.3, -0.25) is 4.79 Å². The fourth-order valence-corrected chi connectivity index (χ4v) is 3.43. The highest BCUT2D eigenvalue weighted by Gasteiger charge is 2.34. The summed E-state index contributed by atoms with van der Waals surface area (Å²) in [5.41, 5.74) is 1.92. The summed E-state index contributed by atoms with van der Waals surface area (Å²) in [4.78, 5) is 26.2. The molecule has 0 radical (unpaired) electrons. The number of hydrogen-bond acceptors (Lipinski definition) is 2. The van der Waals surface area contributed by atoms with Crippen molar-refractivity contribution in [3.05, 3.63) is 58.3 Å². The van der Waals surface area contributed by atoms with E-state index >= 15 is 0 Å². The van der Waals surface area contributed by atoms with Gasteiger partial charge in [-0.15, -0.1) is 0 Å². The lowest BCUT2D eigenvalue weighted by Crippen LogP contribution is -2.43. The van der Waals surface area contributed by atoms with Gasteiger partial charge in [0.15, 0.2) is 0 Å². The van der Waals surface area contributed by atoms with Crippen LogP contribution in [0.4, 0.5) is 20.6 Å². The molecule has 2 aromatic rings. The molecule has 5 nitrogen and oxygen atoms in total. The van der Waals surface area contributed by atoms with Gasteiger partial charge in [0.1, 0.15) is 11.9 Å². The largest absolute Gasteiger partial charge is 0.326 e. The van der Waals surface area contributed by atoms with Crippen LogP contribution in [0.15, 0.2) is 46.9 Å². The van der Waals surface area contributed by atoms with Crippen LogP contribution in [0, 0.1) is 5.82 Å². The first-order valence-corrected chi connectivity index (χ1v) is 9.20. The van der Waals surface area contributed by atoms with E-state index in [2.05, 4.69) is 26.6 Å². The van der Waals surface area contributed by atoms with Gasteiger partial charge in [-0.05, 0) is 48.7 Å². The van der Waals surface area contributed by atoms with Crippen molar-refractivity contribution in [3.63, 3.8) is 0 Å². The molecule has 3 rings (SSSR count). The number of carbonyl (C=O) groups is 2. The number of hydrogen-bond donors (Lipinski definition) is 2. The summed E-state index contributed by atoms with van der Waals surface area (Å²) in [5, 5.41) is 5.47. The Kier molecular flexibility index (Phi) is 5.56. The molecule has 136 valence electrons. The first kappa shape index (κ1) is 18.4. The Hall–Kier alpha value is -2.41. The van der Waals surface area contributed by atoms with Crippen LogP contribution in [0.1, 0.15) is 18.9 Å². The summed E-state index contributed by atoms with van der Waals surface area (Å²) >= 11 is 3.41. The fraction of sp³-hybridized carbons (Fsp3) is 0.263. The standard InChI is InChI=1S/C19H19BrFN3O2/c1-2-12-11-13(20)7-8-15(12)22-19(26)23-16-9-10-24(18(16)25)17-6-4-3-5-14(17)21/h3-8,11,16H,2,9-10H2,1H3,(H2,22,23,26). The third-order valence-corrected chi connectivity index (χ3v) is 4.84. The predicted molar refractivity (Wildman–Crippen MR) is 103 cm³/mol. The van der Waals surface area contributed by atoms with Gasteiger partial charge < -0.3 is 15.5 Å². The number of rotatable bonds is 4. The topological polar surface area (TPSA) is 61.4 Å². The van der Waals surface area contributed by atoms with Crippen LogP contribution in [0.25, 0.3) is 0 Å². The van der Waals surface area contributed by atoms with Crippen molar-refractivity contribution >= 4 is 39.2 Å². The minimum Gasteiger partial charge on any atom is -0.326 e. The molecule has 3 amide bonds. The summed E-state index contributed by atoms with van der Waals surface area (Å²) in [6.07, 6.45) is 1.19. The molecule has 1 unspecified atom stereocenters. The van der Waals surface area contributed by atoms with Gasteiger partial charge in [-0.2, -0.15) is 0 Å². The Morgan fingerprint density at radius 3 is 2.81 bits per heavy atom. The lowest BCUT2D eigenvalue weighted by Gasteiger charge is -2.18. The molecule has 0 aliphatic carbocycles. The van der Waals surface area contributed by atoms with Crippen LogP contribution in [-0.2, 0) is 11.2 Å². The fourth-order valence-electron chi connectivity index (χ4n) is 3.02. The lowest BCUT2D eigenvalue weighted by atomic mass is 10.1. The summed E-state index contributed by atoms with van der Waals surface area (Å²) in [6, 6.07) is 10.6. The molecule has 1 aliphatic heterocycles. The van der Waals surface area contributed by atoms with Crippen molar-refractivity contribution in [3.8, 4) is 0 Å². The molecular formula is C19H19BrFN3O2. The summed E-state index contributed by atoms with van der Waals surface area (Å²) in [5.74, 6) is -0.759. The van der Waals surface area contributed by atoms with E-state index in [0.29, 0.717) is 18.7 Å². The van der Waals surface area contributed by atoms with E-state index < -0.39 is 17.9 Å². The molecule has 1 heterocycles. The van der Waals surface area contributed by atoms with Crippen LogP contribution in [-0.4, -0.2) is 24.5 Å². The number of carbonyl (C=O) groups excluding carboxylic acids is 2. The normalized spacial score (nSPS) is 16.7. The number of amides is 3. The first-order chi connectivity index (χ1) is 12.5. The molecule has 0 bridgehead atoms. The Bertz CT molecular complexity index is 843. The number of urea groups is 1. The van der Waals surface area contributed by atoms with E-state index in [1.54, 1.807) is 18.2 Å². The van der Waals surface area contributed by atoms with Crippen LogP contribution < -0.4 is 15.5 Å². The van der Waals surface area contributed by atoms with Crippen molar-refractivity contribution in [1.29, 1.82) is 0 Å². The van der Waals surface area contributed by atoms with E-state index in [0.717, 1.165) is 16.5 Å². The minimum atomic E-state index is -0.671. The average Bonchev–Trinajstić information content (AvgIpc) is 2.97. The highest BCUT2D eigenvalue weighted by atomic mass is 79.9. The van der Waals surface area contributed by atoms with E-state index in [9.17, 15) is 14.0 Å². The number of anilines is 2. The molecule has 0 aromatic heterocycles. The average molecular weight is 420 g/mol. The lowest BCUT2D eigenvalue weighted by molar-refractivity contribution is -0.118. The maximum Gasteiger partial charge on any atom is 0.319 e. The highest BCUT2D eigenvalue weighted by molar-refractivity contribution is 9.10. The predicted octanol–water partition coefficient (Wildman–Crippen LogP) is 4.08. The molecule has 0 saturated carbocycles. The van der Waals surface area contributed by atoms with Crippen LogP contribution >= 0.6 is 15.9 Å². The Balaban J connectivity index is 1.66. The van der Waals surface area contributed by atoms with Crippen molar-refractivity contribution in [2.75, 3.05) is 16.8 Å². The highest BCUT2D eigenvalue weighted by Crippen LogP contribution is 2.25. The zero-order valence-electron chi connectivity index (χ0n) is 14.3. The second-order valence-corrected chi connectivity index (χ2v) is 6.95. The van der Waals surface area contributed by atoms with Crippen molar-refractivity contribution in [2.45, 2.75) is 25.8 Å². The number of halogens is 2. The van der Waals surface area contributed by atoms with Crippen molar-refractivity contribution in [2.24, 2.45) is 0 Å². The number of nitrogens with one attached hydrogen (secondary N) is 2. The molecule has 26 heavy (non-hydrogen) atoms. The van der Waals surface area contributed by atoms with Crippen LogP contribution in [0.5, 0.6) is 0 Å². The maximum absolute atomic E-state index is 13.9. The summed E-state index contributed by atoms with van der Waals surface area (Å²) in [7, 11) is 0. The molecule has 0 spiro atoms. The van der Waals surface area contributed by atoms with Gasteiger partial charge in [0.05, 0.1) is 5.69 Å². The van der Waals surface area contributed by atoms with E-state index in [4.69, 9.17) is 0 Å². The molecule has 1 saturated heterocycles. The summed E-state index contributed by atoms with van der Waals surface area (Å²) < 4.78 is 14.8. The minimum absolute atomic E-state index is 0.239. The molecule has 1 atom stereocenters. The molecule has 7 heteroatoms. The van der Waals surface area contributed by atoms with Gasteiger partial charge in [0.25, 0.3) is 0 Å². The SMILES string of the molecule is CCc1cc(Br)ccc1NC(=O)NC1CCN(c2ccccc2F)C1=O. The third kappa shape index (κ3) is 3.88. The molecule has 1 fully saturated rings. The monoisotopic (exact) mass is 419 g/mol. The number of benzene rings is 2. The number of nitrogens with zero attached hydrogens (tertiary/aromatic N) is 1. The van der Waals surface area contributed by atoms with Gasteiger partial charge in [-0.1, -0.05) is 35.0 Å². The smallest absolute Gasteiger partial charge is 0.319 e. The van der Waals surface area contributed by atoms with Gasteiger partial charge in [0, 0.05) is 16.7 Å². The van der Waals surface area contributed by atoms with Crippen molar-refractivity contribution < 1.29 is 14.0 Å². The van der Waals surface area contributed by atoms with Gasteiger partial charge >= 0.3 is 6.03 Å². The van der Waals surface area contributed by atoms with Crippen molar-refractivity contribution in [1.82, 2.24) is 5.32 Å². The zero-order chi connectivity index (χ0) is 18.7. The van der Waals surface area contributed by atoms with Gasteiger partial charge in [0.2, 0.25) is 5.91 Å². The quantitative estimate of drug-likeness (QED) is 0.783. The number of para-hydroxylation sites is 1. The molecule has 2 aromatic carbocycles. The molecular weight excluding hydrogens is 401 g/mol. The van der Waals surface area contributed by atoms with Gasteiger partial charge in [-0.25, -0.2) is 9.18 Å². The molecule has 1 aliphatic rings. The second kappa shape index (κ2) is 7.86. The summed E-state index contributed by atoms with van der Waals surface area (Å²) in [6.45, 7) is 2.36. The number of aryl methyl sites for hydroxylation is 1. The zero-order valence-corrected chi connectivity index (χ0v) is 15.8. The Morgan fingerprint density at radius 1 is 1.31 bits per heavy atom. The van der Waals surface area contributed by atoms with E-state index in [1.807, 2.05) is 25.1 Å². The van der Waals surface area contributed by atoms with Crippen LogP contribution in [0.2, 0.25) is 0 Å². The maximum atomic E-state index is 13.9. The molecule has 2 N–H and O–H groups in total. The third-order valence-electron chi connectivity index (χ3n) is 4.35. The van der Waals surface area contributed by atoms with Crippen LogP contribution in [0.3, 0.4) is 0 Å². The Morgan fingerprint density at radius 2 is 2.08 bits per heavy atom.